The fourth-order valence-electron chi connectivity index (χ4n) is 1.62. The third kappa shape index (κ3) is 3.63. The van der Waals surface area contributed by atoms with Gasteiger partial charge in [-0.15, -0.1) is 0 Å². The highest BCUT2D eigenvalue weighted by molar-refractivity contribution is 5.90. The number of nitrogens with zero attached hydrogens (tertiary/aromatic N) is 3. The minimum Gasteiger partial charge on any atom is -0.465 e. The molecule has 0 saturated carbocycles. The Morgan fingerprint density at radius 2 is 2.09 bits per heavy atom. The number of carbonyl (C=O) groups is 1. The predicted molar refractivity (Wildman–Crippen MR) is 79.9 cm³/mol. The maximum atomic E-state index is 11.3. The second-order valence-corrected chi connectivity index (χ2v) is 4.11. The summed E-state index contributed by atoms with van der Waals surface area (Å²) in [5.74, 6) is -0.374. The molecule has 1 N–H and O–H groups in total. The monoisotopic (exact) mass is 300 g/mol. The lowest BCUT2D eigenvalue weighted by atomic mass is 10.1. The molecular weight excluding hydrogens is 288 g/mol. The first-order valence-corrected chi connectivity index (χ1v) is 6.18. The summed E-state index contributed by atoms with van der Waals surface area (Å²) < 4.78 is 4.59. The Morgan fingerprint density at radius 1 is 1.36 bits per heavy atom. The molecule has 0 spiro atoms. The lowest BCUT2D eigenvalue weighted by molar-refractivity contribution is -0.384. The number of rotatable bonds is 5. The van der Waals surface area contributed by atoms with Crippen molar-refractivity contribution in [2.24, 2.45) is 5.10 Å². The van der Waals surface area contributed by atoms with Gasteiger partial charge in [0.2, 0.25) is 5.82 Å². The largest absolute Gasteiger partial charge is 0.465 e. The van der Waals surface area contributed by atoms with Crippen LogP contribution in [0.15, 0.2) is 47.7 Å². The van der Waals surface area contributed by atoms with Crippen LogP contribution in [0.4, 0.5) is 11.5 Å². The van der Waals surface area contributed by atoms with Gasteiger partial charge in [-0.25, -0.2) is 9.78 Å². The van der Waals surface area contributed by atoms with Gasteiger partial charge in [-0.05, 0) is 23.8 Å². The number of hydrogen-bond acceptors (Lipinski definition) is 7. The maximum absolute atomic E-state index is 11.3. The number of ether oxygens (including phenoxy) is 1. The van der Waals surface area contributed by atoms with Crippen LogP contribution in [0.3, 0.4) is 0 Å². The zero-order chi connectivity index (χ0) is 15.9. The van der Waals surface area contributed by atoms with Gasteiger partial charge >= 0.3 is 11.7 Å². The molecule has 8 heteroatoms. The summed E-state index contributed by atoms with van der Waals surface area (Å²) in [7, 11) is 1.31. The van der Waals surface area contributed by atoms with Gasteiger partial charge in [0.15, 0.2) is 0 Å². The van der Waals surface area contributed by atoms with Gasteiger partial charge in [0, 0.05) is 12.3 Å². The van der Waals surface area contributed by atoms with Crippen molar-refractivity contribution in [3.8, 4) is 0 Å². The van der Waals surface area contributed by atoms with Crippen molar-refractivity contribution in [2.75, 3.05) is 12.5 Å². The standard InChI is InChI=1S/C14H12N4O4/c1-22-14(19)11-6-4-10(5-7-11)9-16-17-13-12(18(20)21)3-2-8-15-13/h2-9H,1H3,(H,15,17)/b16-9-. The second kappa shape index (κ2) is 6.93. The Labute approximate surface area is 125 Å². The van der Waals surface area contributed by atoms with E-state index < -0.39 is 10.9 Å². The molecule has 22 heavy (non-hydrogen) atoms. The summed E-state index contributed by atoms with van der Waals surface area (Å²) in [6.07, 6.45) is 2.88. The lowest BCUT2D eigenvalue weighted by Crippen LogP contribution is -2.01. The number of anilines is 1. The van der Waals surface area contributed by atoms with Crippen molar-refractivity contribution in [1.82, 2.24) is 4.98 Å². The number of hydrazone groups is 1. The van der Waals surface area contributed by atoms with E-state index in [1.807, 2.05) is 0 Å². The van der Waals surface area contributed by atoms with Gasteiger partial charge in [-0.2, -0.15) is 5.10 Å². The molecule has 0 aliphatic rings. The van der Waals surface area contributed by atoms with E-state index in [0.29, 0.717) is 11.1 Å². The average molecular weight is 300 g/mol. The van der Waals surface area contributed by atoms with Gasteiger partial charge in [0.05, 0.1) is 23.8 Å². The molecule has 0 bridgehead atoms. The molecule has 0 saturated heterocycles. The number of pyridine rings is 1. The van der Waals surface area contributed by atoms with E-state index in [4.69, 9.17) is 0 Å². The number of benzene rings is 1. The molecule has 0 unspecified atom stereocenters. The summed E-state index contributed by atoms with van der Waals surface area (Å²) in [6, 6.07) is 9.33. The summed E-state index contributed by atoms with van der Waals surface area (Å²) >= 11 is 0. The highest BCUT2D eigenvalue weighted by Crippen LogP contribution is 2.19. The molecule has 0 aliphatic heterocycles. The molecule has 2 aromatic rings. The van der Waals surface area contributed by atoms with Crippen LogP contribution in [-0.2, 0) is 4.74 Å². The Morgan fingerprint density at radius 3 is 2.73 bits per heavy atom. The zero-order valence-electron chi connectivity index (χ0n) is 11.6. The molecule has 1 aromatic carbocycles. The molecule has 8 nitrogen and oxygen atoms in total. The van der Waals surface area contributed by atoms with Gasteiger partial charge in [-0.1, -0.05) is 12.1 Å². The number of nitrogens with one attached hydrogen (secondary N) is 1. The Kier molecular flexibility index (Phi) is 4.76. The molecule has 112 valence electrons. The van der Waals surface area contributed by atoms with Crippen LogP contribution in [0.25, 0.3) is 0 Å². The summed E-state index contributed by atoms with van der Waals surface area (Å²) in [4.78, 5) is 25.4. The van der Waals surface area contributed by atoms with Crippen LogP contribution in [0.1, 0.15) is 15.9 Å². The van der Waals surface area contributed by atoms with Crippen LogP contribution >= 0.6 is 0 Å². The highest BCUT2D eigenvalue weighted by Gasteiger charge is 2.12. The molecule has 1 aromatic heterocycles. The van der Waals surface area contributed by atoms with Crippen LogP contribution in [0, 0.1) is 10.1 Å². The van der Waals surface area contributed by atoms with Crippen molar-refractivity contribution in [1.29, 1.82) is 0 Å². The number of carbonyl (C=O) groups excluding carboxylic acids is 1. The molecule has 0 fully saturated rings. The van der Waals surface area contributed by atoms with E-state index in [1.165, 1.54) is 31.7 Å². The average Bonchev–Trinajstić information content (AvgIpc) is 2.55. The lowest BCUT2D eigenvalue weighted by Gasteiger charge is -2.01. The third-order valence-corrected chi connectivity index (χ3v) is 2.70. The third-order valence-electron chi connectivity index (χ3n) is 2.70. The molecule has 2 rings (SSSR count). The quantitative estimate of drug-likeness (QED) is 0.392. The zero-order valence-corrected chi connectivity index (χ0v) is 11.6. The Balaban J connectivity index is 2.07. The SMILES string of the molecule is COC(=O)c1ccc(/C=N\Nc2ncccc2[N+](=O)[O-])cc1. The Bertz CT molecular complexity index is 713. The maximum Gasteiger partial charge on any atom is 0.337 e. The Hall–Kier alpha value is -3.29. The van der Waals surface area contributed by atoms with E-state index in [9.17, 15) is 14.9 Å². The minimum atomic E-state index is -0.546. The number of aromatic nitrogens is 1. The summed E-state index contributed by atoms with van der Waals surface area (Å²) in [5, 5.41) is 14.7. The van der Waals surface area contributed by atoms with Gasteiger partial charge in [0.1, 0.15) is 0 Å². The fraction of sp³-hybridized carbons (Fsp3) is 0.0714. The van der Waals surface area contributed by atoms with Crippen molar-refractivity contribution >= 4 is 23.7 Å². The van der Waals surface area contributed by atoms with Crippen LogP contribution in [0.2, 0.25) is 0 Å². The van der Waals surface area contributed by atoms with E-state index in [1.54, 1.807) is 24.3 Å². The number of hydrogen-bond donors (Lipinski definition) is 1. The molecule has 1 heterocycles. The smallest absolute Gasteiger partial charge is 0.337 e. The minimum absolute atomic E-state index is 0.0509. The van der Waals surface area contributed by atoms with E-state index in [2.05, 4.69) is 20.2 Å². The van der Waals surface area contributed by atoms with E-state index >= 15 is 0 Å². The molecule has 0 amide bonds. The van der Waals surface area contributed by atoms with Crippen LogP contribution in [0.5, 0.6) is 0 Å². The first kappa shape index (κ1) is 15.1. The van der Waals surface area contributed by atoms with E-state index in [-0.39, 0.29) is 11.5 Å². The van der Waals surface area contributed by atoms with Gasteiger partial charge in [-0.3, -0.25) is 15.5 Å². The van der Waals surface area contributed by atoms with Crippen molar-refractivity contribution in [3.63, 3.8) is 0 Å². The molecule has 0 atom stereocenters. The van der Waals surface area contributed by atoms with Crippen LogP contribution < -0.4 is 5.43 Å². The molecule has 0 radical (unpaired) electrons. The number of nitro groups is 1. The van der Waals surface area contributed by atoms with Crippen molar-refractivity contribution in [2.45, 2.75) is 0 Å². The van der Waals surface area contributed by atoms with Crippen molar-refractivity contribution in [3.05, 3.63) is 63.8 Å². The van der Waals surface area contributed by atoms with Crippen molar-refractivity contribution < 1.29 is 14.5 Å². The first-order valence-electron chi connectivity index (χ1n) is 6.18. The first-order chi connectivity index (χ1) is 10.6. The second-order valence-electron chi connectivity index (χ2n) is 4.11. The summed E-state index contributed by atoms with van der Waals surface area (Å²) in [6.45, 7) is 0. The fourth-order valence-corrected chi connectivity index (χ4v) is 1.62. The van der Waals surface area contributed by atoms with Gasteiger partial charge < -0.3 is 4.74 Å². The predicted octanol–water partition coefficient (Wildman–Crippen LogP) is 2.22. The molecule has 0 aliphatic carbocycles. The molecular formula is C14H12N4O4. The highest BCUT2D eigenvalue weighted by atomic mass is 16.6. The normalized spacial score (nSPS) is 10.4. The number of methoxy groups -OCH3 is 1. The topological polar surface area (TPSA) is 107 Å². The number of esters is 1. The van der Waals surface area contributed by atoms with E-state index in [0.717, 1.165) is 0 Å². The van der Waals surface area contributed by atoms with Crippen LogP contribution in [-0.4, -0.2) is 29.2 Å². The van der Waals surface area contributed by atoms with Gasteiger partial charge in [0.25, 0.3) is 0 Å². The summed E-state index contributed by atoms with van der Waals surface area (Å²) in [5.41, 5.74) is 3.48.